The van der Waals surface area contributed by atoms with Crippen LogP contribution in [0.1, 0.15) is 17.4 Å². The Hall–Kier alpha value is -1.99. The molecule has 0 saturated carbocycles. The molecule has 0 bridgehead atoms. The number of nitrogens with zero attached hydrogens (tertiary/aromatic N) is 1. The lowest BCUT2D eigenvalue weighted by molar-refractivity contribution is -0.274. The van der Waals surface area contributed by atoms with Crippen LogP contribution < -0.4 is 10.1 Å². The van der Waals surface area contributed by atoms with Gasteiger partial charge in [-0.1, -0.05) is 12.1 Å². The highest BCUT2D eigenvalue weighted by molar-refractivity contribution is 5.27. The third kappa shape index (κ3) is 5.61. The van der Waals surface area contributed by atoms with Gasteiger partial charge in [0.15, 0.2) is 0 Å². The molecule has 0 fully saturated rings. The van der Waals surface area contributed by atoms with Crippen molar-refractivity contribution in [2.45, 2.75) is 18.9 Å². The number of likely N-dealkylation sites (N-methyl/N-ethyl adjacent to an activating group) is 1. The molecular weight excluding hydrogens is 309 g/mol. The zero-order valence-corrected chi connectivity index (χ0v) is 12.9. The standard InChI is InChI=1S/C16H19F3N2O2/c1-21(2)14(15-4-3-9-22-15)11-20-10-12-5-7-13(8-6-12)23-16(17,18)19/h3-9,14,20H,10-11H2,1-2H3. The summed E-state index contributed by atoms with van der Waals surface area (Å²) in [7, 11) is 3.91. The van der Waals surface area contributed by atoms with E-state index >= 15 is 0 Å². The molecule has 0 aliphatic heterocycles. The highest BCUT2D eigenvalue weighted by Gasteiger charge is 2.30. The molecule has 7 heteroatoms. The number of hydrogen-bond acceptors (Lipinski definition) is 4. The van der Waals surface area contributed by atoms with Crippen LogP contribution in [0.5, 0.6) is 5.75 Å². The number of alkyl halides is 3. The Morgan fingerprint density at radius 1 is 1.17 bits per heavy atom. The molecule has 2 rings (SSSR count). The average molecular weight is 328 g/mol. The van der Waals surface area contributed by atoms with Gasteiger partial charge < -0.3 is 14.5 Å². The smallest absolute Gasteiger partial charge is 0.468 e. The van der Waals surface area contributed by atoms with Crippen LogP contribution in [0, 0.1) is 0 Å². The SMILES string of the molecule is CN(C)C(CNCc1ccc(OC(F)(F)F)cc1)c1ccco1. The van der Waals surface area contributed by atoms with Crippen LogP contribution in [-0.2, 0) is 6.54 Å². The van der Waals surface area contributed by atoms with Gasteiger partial charge in [0.05, 0.1) is 12.3 Å². The zero-order valence-electron chi connectivity index (χ0n) is 12.9. The Bertz CT molecular complexity index is 580. The summed E-state index contributed by atoms with van der Waals surface area (Å²) >= 11 is 0. The summed E-state index contributed by atoms with van der Waals surface area (Å²) in [6, 6.07) is 9.65. The fraction of sp³-hybridized carbons (Fsp3) is 0.375. The van der Waals surface area contributed by atoms with E-state index in [0.29, 0.717) is 13.1 Å². The van der Waals surface area contributed by atoms with Crippen LogP contribution in [0.4, 0.5) is 13.2 Å². The lowest BCUT2D eigenvalue weighted by Crippen LogP contribution is -2.30. The van der Waals surface area contributed by atoms with E-state index in [1.807, 2.05) is 31.1 Å². The number of halogens is 3. The molecule has 0 saturated heterocycles. The van der Waals surface area contributed by atoms with Gasteiger partial charge in [0.25, 0.3) is 0 Å². The molecule has 1 unspecified atom stereocenters. The van der Waals surface area contributed by atoms with Crippen molar-refractivity contribution in [3.63, 3.8) is 0 Å². The molecule has 4 nitrogen and oxygen atoms in total. The number of benzene rings is 1. The number of furan rings is 1. The van der Waals surface area contributed by atoms with E-state index < -0.39 is 6.36 Å². The molecular formula is C16H19F3N2O2. The first-order valence-electron chi connectivity index (χ1n) is 7.10. The van der Waals surface area contributed by atoms with Gasteiger partial charge in [0.1, 0.15) is 11.5 Å². The van der Waals surface area contributed by atoms with E-state index in [-0.39, 0.29) is 11.8 Å². The van der Waals surface area contributed by atoms with Gasteiger partial charge in [-0.05, 0) is 43.9 Å². The number of nitrogens with one attached hydrogen (secondary N) is 1. The molecule has 1 aromatic carbocycles. The summed E-state index contributed by atoms with van der Waals surface area (Å²) in [4.78, 5) is 2.03. The van der Waals surface area contributed by atoms with Crippen LogP contribution in [-0.4, -0.2) is 31.9 Å². The number of rotatable bonds is 7. The van der Waals surface area contributed by atoms with E-state index in [4.69, 9.17) is 4.42 Å². The van der Waals surface area contributed by atoms with E-state index in [0.717, 1.165) is 11.3 Å². The average Bonchev–Trinajstić information content (AvgIpc) is 2.97. The molecule has 126 valence electrons. The molecule has 0 radical (unpaired) electrons. The van der Waals surface area contributed by atoms with Gasteiger partial charge in [0.2, 0.25) is 0 Å². The third-order valence-electron chi connectivity index (χ3n) is 3.32. The van der Waals surface area contributed by atoms with Gasteiger partial charge in [-0.25, -0.2) is 0 Å². The Balaban J connectivity index is 1.86. The second-order valence-corrected chi connectivity index (χ2v) is 5.32. The first-order chi connectivity index (χ1) is 10.8. The maximum Gasteiger partial charge on any atom is 0.573 e. The molecule has 1 N–H and O–H groups in total. The van der Waals surface area contributed by atoms with Gasteiger partial charge in [-0.3, -0.25) is 4.90 Å². The van der Waals surface area contributed by atoms with Crippen molar-refractivity contribution in [1.29, 1.82) is 0 Å². The van der Waals surface area contributed by atoms with Crippen molar-refractivity contribution >= 4 is 0 Å². The fourth-order valence-electron chi connectivity index (χ4n) is 2.18. The van der Waals surface area contributed by atoms with Gasteiger partial charge in [-0.2, -0.15) is 0 Å². The molecule has 0 aliphatic rings. The van der Waals surface area contributed by atoms with Crippen molar-refractivity contribution in [3.8, 4) is 5.75 Å². The minimum absolute atomic E-state index is 0.0813. The number of hydrogen-bond donors (Lipinski definition) is 1. The minimum Gasteiger partial charge on any atom is -0.468 e. The molecule has 0 amide bonds. The van der Waals surface area contributed by atoms with Gasteiger partial charge in [-0.15, -0.1) is 13.2 Å². The summed E-state index contributed by atoms with van der Waals surface area (Å²) in [5.41, 5.74) is 0.872. The van der Waals surface area contributed by atoms with E-state index in [1.165, 1.54) is 12.1 Å². The largest absolute Gasteiger partial charge is 0.573 e. The second kappa shape index (κ2) is 7.52. The predicted molar refractivity (Wildman–Crippen MR) is 80.0 cm³/mol. The Morgan fingerprint density at radius 2 is 1.87 bits per heavy atom. The third-order valence-corrected chi connectivity index (χ3v) is 3.32. The van der Waals surface area contributed by atoms with Crippen molar-refractivity contribution in [1.82, 2.24) is 10.2 Å². The molecule has 0 spiro atoms. The first-order valence-corrected chi connectivity index (χ1v) is 7.10. The maximum atomic E-state index is 12.1. The van der Waals surface area contributed by atoms with Gasteiger partial charge in [0, 0.05) is 13.1 Å². The highest BCUT2D eigenvalue weighted by Crippen LogP contribution is 2.23. The summed E-state index contributed by atoms with van der Waals surface area (Å²) < 4.78 is 45.5. The quantitative estimate of drug-likeness (QED) is 0.843. The monoisotopic (exact) mass is 328 g/mol. The molecule has 1 atom stereocenters. The van der Waals surface area contributed by atoms with Gasteiger partial charge >= 0.3 is 6.36 Å². The van der Waals surface area contributed by atoms with Crippen LogP contribution in [0.3, 0.4) is 0 Å². The predicted octanol–water partition coefficient (Wildman–Crippen LogP) is 3.57. The summed E-state index contributed by atoms with van der Waals surface area (Å²) in [6.07, 6.45) is -3.03. The second-order valence-electron chi connectivity index (χ2n) is 5.32. The van der Waals surface area contributed by atoms with Crippen LogP contribution in [0.15, 0.2) is 47.1 Å². The topological polar surface area (TPSA) is 37.6 Å². The van der Waals surface area contributed by atoms with E-state index in [1.54, 1.807) is 18.4 Å². The number of ether oxygens (including phenoxy) is 1. The first kappa shape index (κ1) is 17.4. The highest BCUT2D eigenvalue weighted by atomic mass is 19.4. The lowest BCUT2D eigenvalue weighted by atomic mass is 10.2. The Kier molecular flexibility index (Phi) is 5.68. The van der Waals surface area contributed by atoms with Crippen molar-refractivity contribution in [3.05, 3.63) is 54.0 Å². The van der Waals surface area contributed by atoms with E-state index in [9.17, 15) is 13.2 Å². The van der Waals surface area contributed by atoms with Crippen LogP contribution in [0.2, 0.25) is 0 Å². The summed E-state index contributed by atoms with van der Waals surface area (Å²) in [5, 5.41) is 3.27. The molecule has 1 heterocycles. The molecule has 2 aromatic rings. The minimum atomic E-state index is -4.66. The molecule has 1 aromatic heterocycles. The normalized spacial score (nSPS) is 13.3. The molecule has 0 aliphatic carbocycles. The molecule has 23 heavy (non-hydrogen) atoms. The lowest BCUT2D eigenvalue weighted by Gasteiger charge is -2.22. The van der Waals surface area contributed by atoms with Crippen LogP contribution in [0.25, 0.3) is 0 Å². The van der Waals surface area contributed by atoms with E-state index in [2.05, 4.69) is 10.1 Å². The maximum absolute atomic E-state index is 12.1. The summed E-state index contributed by atoms with van der Waals surface area (Å²) in [6.45, 7) is 1.19. The summed E-state index contributed by atoms with van der Waals surface area (Å²) in [5.74, 6) is 0.638. The Morgan fingerprint density at radius 3 is 2.39 bits per heavy atom. The van der Waals surface area contributed by atoms with Crippen molar-refractivity contribution in [2.75, 3.05) is 20.6 Å². The van der Waals surface area contributed by atoms with Crippen molar-refractivity contribution in [2.24, 2.45) is 0 Å². The van der Waals surface area contributed by atoms with Crippen molar-refractivity contribution < 1.29 is 22.3 Å². The zero-order chi connectivity index (χ0) is 16.9. The fourth-order valence-corrected chi connectivity index (χ4v) is 2.18. The van der Waals surface area contributed by atoms with Crippen LogP contribution >= 0.6 is 0 Å². The Labute approximate surface area is 132 Å².